The first-order valence-corrected chi connectivity index (χ1v) is 9.25. The maximum Gasteiger partial charge on any atom is 0.326 e. The molecule has 0 spiro atoms. The van der Waals surface area contributed by atoms with Crippen molar-refractivity contribution in [2.75, 3.05) is 0 Å². The van der Waals surface area contributed by atoms with E-state index in [1.165, 1.54) is 4.90 Å². The number of amides is 1. The molecule has 4 rings (SSSR count). The number of hydrogen-bond donors (Lipinski definition) is 1. The Morgan fingerprint density at radius 2 is 1.82 bits per heavy atom. The van der Waals surface area contributed by atoms with Gasteiger partial charge in [-0.15, -0.1) is 0 Å². The van der Waals surface area contributed by atoms with Gasteiger partial charge in [-0.1, -0.05) is 47.1 Å². The third-order valence-corrected chi connectivity index (χ3v) is 5.37. The van der Waals surface area contributed by atoms with Crippen LogP contribution >= 0.6 is 11.6 Å². The zero-order valence-corrected chi connectivity index (χ0v) is 15.5. The monoisotopic (exact) mass is 396 g/mol. The fraction of sp³-hybridized carbons (Fsp3) is 0.190. The molecule has 2 aromatic carbocycles. The summed E-state index contributed by atoms with van der Waals surface area (Å²) in [5, 5.41) is 13.8. The lowest BCUT2D eigenvalue weighted by Gasteiger charge is -2.29. The van der Waals surface area contributed by atoms with Crippen molar-refractivity contribution in [3.05, 3.63) is 76.9 Å². The second kappa shape index (κ2) is 7.48. The summed E-state index contributed by atoms with van der Waals surface area (Å²) in [6.07, 6.45) is 2.47. The molecule has 1 aliphatic heterocycles. The molecule has 1 saturated heterocycles. The van der Waals surface area contributed by atoms with Crippen LogP contribution in [0.15, 0.2) is 65.3 Å². The first-order valence-electron chi connectivity index (χ1n) is 8.87. The first kappa shape index (κ1) is 18.3. The number of nitrogens with zero attached hydrogens (tertiary/aromatic N) is 2. The van der Waals surface area contributed by atoms with E-state index in [0.29, 0.717) is 29.2 Å². The zero-order chi connectivity index (χ0) is 19.7. The molecule has 0 aliphatic carbocycles. The van der Waals surface area contributed by atoms with Crippen LogP contribution in [-0.4, -0.2) is 33.1 Å². The summed E-state index contributed by atoms with van der Waals surface area (Å²) in [7, 11) is 0. The van der Waals surface area contributed by atoms with Crippen LogP contribution in [0.25, 0.3) is 11.3 Å². The Hall–Kier alpha value is -3.12. The number of carboxylic acid groups (broad SMARTS) is 1. The molecular formula is C21H17ClN2O4. The number of aliphatic carboxylic acids is 1. The molecule has 7 heteroatoms. The summed E-state index contributed by atoms with van der Waals surface area (Å²) < 4.78 is 5.12. The summed E-state index contributed by atoms with van der Waals surface area (Å²) in [6.45, 7) is 0. The predicted molar refractivity (Wildman–Crippen MR) is 103 cm³/mol. The van der Waals surface area contributed by atoms with Crippen LogP contribution in [0.2, 0.25) is 5.02 Å². The van der Waals surface area contributed by atoms with Crippen molar-refractivity contribution in [3.63, 3.8) is 0 Å². The molecule has 2 heterocycles. The van der Waals surface area contributed by atoms with Crippen molar-refractivity contribution in [2.45, 2.75) is 24.9 Å². The molecule has 1 N–H and O–H groups in total. The lowest BCUT2D eigenvalue weighted by molar-refractivity contribution is -0.141. The lowest BCUT2D eigenvalue weighted by Crippen LogP contribution is -2.41. The largest absolute Gasteiger partial charge is 0.480 e. The highest BCUT2D eigenvalue weighted by molar-refractivity contribution is 6.31. The first-order chi connectivity index (χ1) is 13.6. The summed E-state index contributed by atoms with van der Waals surface area (Å²) in [5.41, 5.74) is 1.96. The van der Waals surface area contributed by atoms with Gasteiger partial charge in [0.1, 0.15) is 6.04 Å². The van der Waals surface area contributed by atoms with Gasteiger partial charge in [-0.3, -0.25) is 4.79 Å². The van der Waals surface area contributed by atoms with E-state index in [1.54, 1.807) is 42.6 Å². The SMILES string of the molecule is O=C(O)[C@@H]1CC[C@H](c2ccccc2Cl)N1C(=O)c1ccc(-c2ccno2)cc1. The molecule has 28 heavy (non-hydrogen) atoms. The predicted octanol–water partition coefficient (Wildman–Crippen LogP) is 4.43. The highest BCUT2D eigenvalue weighted by atomic mass is 35.5. The number of carbonyl (C=O) groups excluding carboxylic acids is 1. The van der Waals surface area contributed by atoms with E-state index in [0.717, 1.165) is 11.1 Å². The molecule has 0 bridgehead atoms. The Labute approximate surface area is 166 Å². The van der Waals surface area contributed by atoms with Crippen LogP contribution in [-0.2, 0) is 4.79 Å². The number of rotatable bonds is 4. The molecular weight excluding hydrogens is 380 g/mol. The Balaban J connectivity index is 1.67. The Morgan fingerprint density at radius 3 is 2.46 bits per heavy atom. The summed E-state index contributed by atoms with van der Waals surface area (Å²) in [5.74, 6) is -0.752. The van der Waals surface area contributed by atoms with E-state index in [1.807, 2.05) is 18.2 Å². The molecule has 0 saturated carbocycles. The number of hydrogen-bond acceptors (Lipinski definition) is 4. The Bertz CT molecular complexity index is 1000. The fourth-order valence-electron chi connectivity index (χ4n) is 3.68. The molecule has 1 aliphatic rings. The molecule has 142 valence electrons. The van der Waals surface area contributed by atoms with Crippen molar-refractivity contribution in [2.24, 2.45) is 0 Å². The smallest absolute Gasteiger partial charge is 0.326 e. The van der Waals surface area contributed by atoms with Crippen molar-refractivity contribution in [1.82, 2.24) is 10.1 Å². The third kappa shape index (κ3) is 3.27. The number of carboxylic acids is 1. The fourth-order valence-corrected chi connectivity index (χ4v) is 3.94. The van der Waals surface area contributed by atoms with Gasteiger partial charge in [-0.05, 0) is 36.6 Å². The van der Waals surface area contributed by atoms with E-state index >= 15 is 0 Å². The molecule has 1 aromatic heterocycles. The highest BCUT2D eigenvalue weighted by Crippen LogP contribution is 2.40. The van der Waals surface area contributed by atoms with E-state index in [-0.39, 0.29) is 11.9 Å². The maximum atomic E-state index is 13.2. The van der Waals surface area contributed by atoms with Crippen LogP contribution in [0.3, 0.4) is 0 Å². The molecule has 6 nitrogen and oxygen atoms in total. The Kier molecular flexibility index (Phi) is 4.88. The Morgan fingerprint density at radius 1 is 1.07 bits per heavy atom. The zero-order valence-electron chi connectivity index (χ0n) is 14.8. The third-order valence-electron chi connectivity index (χ3n) is 5.02. The minimum atomic E-state index is -1.01. The van der Waals surface area contributed by atoms with Crippen LogP contribution < -0.4 is 0 Å². The molecule has 1 fully saturated rings. The van der Waals surface area contributed by atoms with Gasteiger partial charge in [-0.25, -0.2) is 4.79 Å². The molecule has 0 unspecified atom stereocenters. The lowest BCUT2D eigenvalue weighted by atomic mass is 10.0. The minimum Gasteiger partial charge on any atom is -0.480 e. The van der Waals surface area contributed by atoms with Crippen LogP contribution in [0.4, 0.5) is 0 Å². The number of likely N-dealkylation sites (tertiary alicyclic amines) is 1. The molecule has 1 amide bonds. The van der Waals surface area contributed by atoms with E-state index in [2.05, 4.69) is 5.16 Å². The van der Waals surface area contributed by atoms with Gasteiger partial charge in [0.25, 0.3) is 5.91 Å². The van der Waals surface area contributed by atoms with Gasteiger partial charge in [0.2, 0.25) is 0 Å². The van der Waals surface area contributed by atoms with Crippen LogP contribution in [0.5, 0.6) is 0 Å². The van der Waals surface area contributed by atoms with Crippen LogP contribution in [0.1, 0.15) is 34.8 Å². The van der Waals surface area contributed by atoms with Crippen molar-refractivity contribution < 1.29 is 19.2 Å². The minimum absolute atomic E-state index is 0.334. The van der Waals surface area contributed by atoms with Gasteiger partial charge in [0.05, 0.1) is 12.2 Å². The second-order valence-electron chi connectivity index (χ2n) is 6.64. The summed E-state index contributed by atoms with van der Waals surface area (Å²) in [4.78, 5) is 26.4. The van der Waals surface area contributed by atoms with Gasteiger partial charge < -0.3 is 14.5 Å². The van der Waals surface area contributed by atoms with Gasteiger partial charge in [0, 0.05) is 22.2 Å². The maximum absolute atomic E-state index is 13.2. The normalized spacial score (nSPS) is 19.0. The molecule has 2 atom stereocenters. The highest BCUT2D eigenvalue weighted by Gasteiger charge is 2.42. The van der Waals surface area contributed by atoms with Gasteiger partial charge in [0.15, 0.2) is 5.76 Å². The average Bonchev–Trinajstić information content (AvgIpc) is 3.38. The standard InChI is InChI=1S/C21H17ClN2O4/c22-16-4-2-1-3-15(16)17-9-10-18(21(26)27)24(17)20(25)14-7-5-13(6-8-14)19-11-12-23-28-19/h1-8,11-12,17-18H,9-10H2,(H,26,27)/t17-,18+/m1/s1. The second-order valence-corrected chi connectivity index (χ2v) is 7.04. The number of benzene rings is 2. The van der Waals surface area contributed by atoms with E-state index in [4.69, 9.17) is 16.1 Å². The summed E-state index contributed by atoms with van der Waals surface area (Å²) >= 11 is 6.32. The average molecular weight is 397 g/mol. The topological polar surface area (TPSA) is 83.6 Å². The molecule has 0 radical (unpaired) electrons. The van der Waals surface area contributed by atoms with Crippen molar-refractivity contribution >= 4 is 23.5 Å². The van der Waals surface area contributed by atoms with E-state index in [9.17, 15) is 14.7 Å². The number of halogens is 1. The van der Waals surface area contributed by atoms with Gasteiger partial charge >= 0.3 is 5.97 Å². The quantitative estimate of drug-likeness (QED) is 0.705. The van der Waals surface area contributed by atoms with Gasteiger partial charge in [-0.2, -0.15) is 0 Å². The van der Waals surface area contributed by atoms with E-state index < -0.39 is 12.0 Å². The summed E-state index contributed by atoms with van der Waals surface area (Å²) in [6, 6.07) is 14.5. The number of aromatic nitrogens is 1. The number of carbonyl (C=O) groups is 2. The molecule has 3 aromatic rings. The van der Waals surface area contributed by atoms with Crippen molar-refractivity contribution in [3.8, 4) is 11.3 Å². The van der Waals surface area contributed by atoms with Crippen LogP contribution in [0, 0.1) is 0 Å². The van der Waals surface area contributed by atoms with Crippen molar-refractivity contribution in [1.29, 1.82) is 0 Å².